The Labute approximate surface area is 106 Å². The lowest BCUT2D eigenvalue weighted by molar-refractivity contribution is 0.0565. The van der Waals surface area contributed by atoms with E-state index in [9.17, 15) is 5.11 Å². The molecule has 0 aliphatic carbocycles. The molecule has 17 heavy (non-hydrogen) atoms. The van der Waals surface area contributed by atoms with Gasteiger partial charge in [0.25, 0.3) is 0 Å². The van der Waals surface area contributed by atoms with E-state index in [0.717, 1.165) is 52.2 Å². The molecule has 1 saturated heterocycles. The van der Waals surface area contributed by atoms with E-state index in [-0.39, 0.29) is 6.10 Å². The second kappa shape index (κ2) is 8.03. The lowest BCUT2D eigenvalue weighted by atomic mass is 10.0. The van der Waals surface area contributed by atoms with Crippen LogP contribution in [0.25, 0.3) is 0 Å². The summed E-state index contributed by atoms with van der Waals surface area (Å²) in [6, 6.07) is 0. The summed E-state index contributed by atoms with van der Waals surface area (Å²) in [6.45, 7) is 7.69. The second-order valence-electron chi connectivity index (χ2n) is 5.24. The predicted molar refractivity (Wildman–Crippen MR) is 70.2 cm³/mol. The van der Waals surface area contributed by atoms with Crippen LogP contribution >= 0.6 is 0 Å². The van der Waals surface area contributed by atoms with Gasteiger partial charge in [-0.05, 0) is 46.6 Å². The Morgan fingerprint density at radius 3 is 2.65 bits per heavy atom. The van der Waals surface area contributed by atoms with Gasteiger partial charge in [-0.1, -0.05) is 6.92 Å². The van der Waals surface area contributed by atoms with Crippen molar-refractivity contribution >= 4 is 0 Å². The largest absolute Gasteiger partial charge is 0.391 e. The zero-order chi connectivity index (χ0) is 12.7. The highest BCUT2D eigenvalue weighted by Crippen LogP contribution is 2.17. The summed E-state index contributed by atoms with van der Waals surface area (Å²) in [7, 11) is 4.20. The summed E-state index contributed by atoms with van der Waals surface area (Å²) in [6.07, 6.45) is 1.95. The predicted octanol–water partition coefficient (Wildman–Crippen LogP) is 0.657. The third-order valence-corrected chi connectivity index (χ3v) is 3.48. The van der Waals surface area contributed by atoms with Gasteiger partial charge in [0.15, 0.2) is 0 Å². The lowest BCUT2D eigenvalue weighted by Crippen LogP contribution is -2.38. The quantitative estimate of drug-likeness (QED) is 0.680. The maximum absolute atomic E-state index is 10.1. The molecule has 0 aromatic rings. The molecule has 2 atom stereocenters. The molecule has 1 aliphatic rings. The van der Waals surface area contributed by atoms with Gasteiger partial charge in [-0.15, -0.1) is 0 Å². The number of likely N-dealkylation sites (N-methyl/N-ethyl adjacent to an activating group) is 1. The Balaban J connectivity index is 2.20. The number of hydrogen-bond donors (Lipinski definition) is 1. The minimum Gasteiger partial charge on any atom is -0.391 e. The Morgan fingerprint density at radius 2 is 2.12 bits per heavy atom. The van der Waals surface area contributed by atoms with Gasteiger partial charge in [0.05, 0.1) is 12.7 Å². The van der Waals surface area contributed by atoms with Crippen molar-refractivity contribution in [2.45, 2.75) is 25.9 Å². The van der Waals surface area contributed by atoms with Gasteiger partial charge in [-0.2, -0.15) is 0 Å². The Kier molecular flexibility index (Phi) is 7.04. The van der Waals surface area contributed by atoms with Crippen molar-refractivity contribution in [2.24, 2.45) is 5.92 Å². The molecule has 0 aromatic carbocycles. The van der Waals surface area contributed by atoms with E-state index in [1.165, 1.54) is 0 Å². The average Bonchev–Trinajstić information content (AvgIpc) is 2.80. The summed E-state index contributed by atoms with van der Waals surface area (Å²) in [5, 5.41) is 10.1. The fraction of sp³-hybridized carbons (Fsp3) is 1.00. The number of aliphatic hydroxyl groups excluding tert-OH is 1. The summed E-state index contributed by atoms with van der Waals surface area (Å²) in [4.78, 5) is 4.54. The van der Waals surface area contributed by atoms with Crippen LogP contribution in [0, 0.1) is 5.92 Å². The lowest BCUT2D eigenvalue weighted by Gasteiger charge is -2.26. The molecule has 1 fully saturated rings. The van der Waals surface area contributed by atoms with Crippen LogP contribution in [0.3, 0.4) is 0 Å². The van der Waals surface area contributed by atoms with E-state index < -0.39 is 0 Å². The Bertz CT molecular complexity index is 194. The number of hydrogen-bond acceptors (Lipinski definition) is 4. The first-order chi connectivity index (χ1) is 8.13. The average molecular weight is 244 g/mol. The molecule has 0 amide bonds. The van der Waals surface area contributed by atoms with Crippen molar-refractivity contribution in [3.05, 3.63) is 0 Å². The van der Waals surface area contributed by atoms with Crippen molar-refractivity contribution in [3.8, 4) is 0 Å². The minimum atomic E-state index is -0.225. The van der Waals surface area contributed by atoms with Gasteiger partial charge in [0, 0.05) is 19.1 Å². The van der Waals surface area contributed by atoms with Gasteiger partial charge < -0.3 is 19.6 Å². The van der Waals surface area contributed by atoms with E-state index in [1.54, 1.807) is 0 Å². The molecule has 1 rings (SSSR count). The topological polar surface area (TPSA) is 35.9 Å². The summed E-state index contributed by atoms with van der Waals surface area (Å²) < 4.78 is 5.32. The van der Waals surface area contributed by atoms with E-state index in [0.29, 0.717) is 5.92 Å². The fourth-order valence-corrected chi connectivity index (χ4v) is 2.26. The first-order valence-electron chi connectivity index (χ1n) is 6.76. The number of aliphatic hydroxyl groups is 1. The molecule has 0 aromatic heterocycles. The summed E-state index contributed by atoms with van der Waals surface area (Å²) in [5.41, 5.74) is 0. The normalized spacial score (nSPS) is 22.6. The molecule has 1 heterocycles. The highest BCUT2D eigenvalue weighted by atomic mass is 16.5. The Hall–Kier alpha value is -0.160. The molecule has 0 spiro atoms. The van der Waals surface area contributed by atoms with Crippen molar-refractivity contribution < 1.29 is 9.84 Å². The monoisotopic (exact) mass is 244 g/mol. The van der Waals surface area contributed by atoms with Crippen LogP contribution in [-0.2, 0) is 4.74 Å². The Morgan fingerprint density at radius 1 is 1.35 bits per heavy atom. The van der Waals surface area contributed by atoms with E-state index in [1.807, 2.05) is 0 Å². The van der Waals surface area contributed by atoms with Gasteiger partial charge in [0.1, 0.15) is 0 Å². The van der Waals surface area contributed by atoms with Crippen LogP contribution in [0.5, 0.6) is 0 Å². The van der Waals surface area contributed by atoms with Crippen LogP contribution in [0.4, 0.5) is 0 Å². The second-order valence-corrected chi connectivity index (χ2v) is 5.24. The highest BCUT2D eigenvalue weighted by molar-refractivity contribution is 4.75. The zero-order valence-electron chi connectivity index (χ0n) is 11.6. The number of rotatable bonds is 8. The molecule has 1 aliphatic heterocycles. The SMILES string of the molecule is CCN(CCCN(C)C)CC(O)C1CCOC1. The maximum Gasteiger partial charge on any atom is 0.0718 e. The molecule has 4 nitrogen and oxygen atoms in total. The smallest absolute Gasteiger partial charge is 0.0718 e. The summed E-state index contributed by atoms with van der Waals surface area (Å²) in [5.74, 6) is 0.345. The van der Waals surface area contributed by atoms with Crippen LogP contribution in [0.2, 0.25) is 0 Å². The van der Waals surface area contributed by atoms with Crippen LogP contribution in [-0.4, -0.2) is 74.5 Å². The molecular weight excluding hydrogens is 216 g/mol. The molecule has 1 N–H and O–H groups in total. The highest BCUT2D eigenvalue weighted by Gasteiger charge is 2.25. The van der Waals surface area contributed by atoms with Crippen molar-refractivity contribution in [2.75, 3.05) is 53.5 Å². The van der Waals surface area contributed by atoms with E-state index >= 15 is 0 Å². The van der Waals surface area contributed by atoms with Crippen molar-refractivity contribution in [1.82, 2.24) is 9.80 Å². The van der Waals surface area contributed by atoms with Gasteiger partial charge in [-0.25, -0.2) is 0 Å². The van der Waals surface area contributed by atoms with Gasteiger partial charge in [0.2, 0.25) is 0 Å². The van der Waals surface area contributed by atoms with Crippen LogP contribution in [0.1, 0.15) is 19.8 Å². The molecule has 102 valence electrons. The molecule has 0 radical (unpaired) electrons. The third-order valence-electron chi connectivity index (χ3n) is 3.48. The molecule has 4 heteroatoms. The van der Waals surface area contributed by atoms with Gasteiger partial charge >= 0.3 is 0 Å². The third kappa shape index (κ3) is 5.82. The molecule has 0 bridgehead atoms. The standard InChI is InChI=1S/C13H28N2O2/c1-4-15(8-5-7-14(2)3)10-13(16)12-6-9-17-11-12/h12-13,16H,4-11H2,1-3H3. The maximum atomic E-state index is 10.1. The first-order valence-corrected chi connectivity index (χ1v) is 6.76. The zero-order valence-corrected chi connectivity index (χ0v) is 11.6. The van der Waals surface area contributed by atoms with E-state index in [2.05, 4.69) is 30.8 Å². The van der Waals surface area contributed by atoms with Crippen LogP contribution < -0.4 is 0 Å². The minimum absolute atomic E-state index is 0.225. The van der Waals surface area contributed by atoms with Crippen molar-refractivity contribution in [1.29, 1.82) is 0 Å². The molecule has 2 unspecified atom stereocenters. The molecular formula is C13H28N2O2. The van der Waals surface area contributed by atoms with Gasteiger partial charge in [-0.3, -0.25) is 0 Å². The fourth-order valence-electron chi connectivity index (χ4n) is 2.26. The summed E-state index contributed by atoms with van der Waals surface area (Å²) >= 11 is 0. The van der Waals surface area contributed by atoms with Crippen molar-refractivity contribution in [3.63, 3.8) is 0 Å². The number of nitrogens with zero attached hydrogens (tertiary/aromatic N) is 2. The number of ether oxygens (including phenoxy) is 1. The van der Waals surface area contributed by atoms with E-state index in [4.69, 9.17) is 4.74 Å². The molecule has 0 saturated carbocycles. The first kappa shape index (κ1) is 14.9. The van der Waals surface area contributed by atoms with Crippen LogP contribution in [0.15, 0.2) is 0 Å².